The van der Waals surface area contributed by atoms with Gasteiger partial charge in [-0.1, -0.05) is 23.2 Å². The van der Waals surface area contributed by atoms with Gasteiger partial charge in [0.2, 0.25) is 0 Å². The van der Waals surface area contributed by atoms with Gasteiger partial charge in [-0.2, -0.15) is 0 Å². The van der Waals surface area contributed by atoms with Crippen molar-refractivity contribution in [3.05, 3.63) is 50.0 Å². The number of pyridine rings is 1. The number of nitrogens with one attached hydrogen (secondary N) is 1. The van der Waals surface area contributed by atoms with Gasteiger partial charge in [-0.25, -0.2) is 4.98 Å². The molecule has 2 rings (SSSR count). The monoisotopic (exact) mass is 373 g/mol. The van der Waals surface area contributed by atoms with Crippen molar-refractivity contribution in [2.75, 3.05) is 11.1 Å². The fourth-order valence-electron chi connectivity index (χ4n) is 1.57. The van der Waals surface area contributed by atoms with Crippen molar-refractivity contribution in [2.24, 2.45) is 0 Å². The maximum Gasteiger partial charge on any atom is 0.256 e. The number of nitrogens with zero attached hydrogens (tertiary/aromatic N) is 1. The third-order valence-corrected chi connectivity index (χ3v) is 3.68. The molecule has 0 saturated heterocycles. The first-order valence-corrected chi connectivity index (χ1v) is 7.11. The van der Waals surface area contributed by atoms with Crippen LogP contribution < -0.4 is 11.1 Å². The van der Waals surface area contributed by atoms with Crippen molar-refractivity contribution >= 4 is 56.5 Å². The lowest BCUT2D eigenvalue weighted by Crippen LogP contribution is -2.14. The van der Waals surface area contributed by atoms with Crippen LogP contribution in [0.25, 0.3) is 0 Å². The largest absolute Gasteiger partial charge is 0.396 e. The fourth-order valence-corrected chi connectivity index (χ4v) is 2.50. The highest BCUT2D eigenvalue weighted by Crippen LogP contribution is 2.29. The molecule has 2 aromatic rings. The summed E-state index contributed by atoms with van der Waals surface area (Å²) in [6.45, 7) is 1.84. The smallest absolute Gasteiger partial charge is 0.256 e. The Balaban J connectivity index is 2.28. The van der Waals surface area contributed by atoms with E-state index in [-0.39, 0.29) is 21.6 Å². The summed E-state index contributed by atoms with van der Waals surface area (Å²) in [5, 5.41) is 3.18. The second-order valence-corrected chi connectivity index (χ2v) is 5.86. The van der Waals surface area contributed by atoms with E-state index in [9.17, 15) is 4.79 Å². The SMILES string of the molecule is Cc1cc(Br)cnc1NC(=O)c1cc(Cl)c(N)c(Cl)c1. The van der Waals surface area contributed by atoms with Crippen LogP contribution >= 0.6 is 39.1 Å². The summed E-state index contributed by atoms with van der Waals surface area (Å²) in [4.78, 5) is 16.3. The first kappa shape index (κ1) is 15.1. The minimum Gasteiger partial charge on any atom is -0.396 e. The number of nitrogen functional groups attached to an aromatic ring is 1. The molecule has 0 aliphatic carbocycles. The van der Waals surface area contributed by atoms with E-state index in [4.69, 9.17) is 28.9 Å². The topological polar surface area (TPSA) is 68.0 Å². The maximum atomic E-state index is 12.1. The van der Waals surface area contributed by atoms with E-state index in [1.807, 2.05) is 13.0 Å². The number of rotatable bonds is 2. The van der Waals surface area contributed by atoms with Crippen LogP contribution in [0.3, 0.4) is 0 Å². The fraction of sp³-hybridized carbons (Fsp3) is 0.0769. The molecule has 0 radical (unpaired) electrons. The lowest BCUT2D eigenvalue weighted by molar-refractivity contribution is 0.102. The zero-order chi connectivity index (χ0) is 14.9. The van der Waals surface area contributed by atoms with E-state index < -0.39 is 0 Å². The number of benzene rings is 1. The number of hydrogen-bond acceptors (Lipinski definition) is 3. The van der Waals surface area contributed by atoms with Crippen molar-refractivity contribution < 1.29 is 4.79 Å². The standard InChI is InChI=1S/C13H10BrCl2N3O/c1-6-2-8(14)5-18-12(6)19-13(20)7-3-9(15)11(17)10(16)4-7/h2-5H,17H2,1H3,(H,18,19,20). The normalized spacial score (nSPS) is 10.4. The summed E-state index contributed by atoms with van der Waals surface area (Å²) in [5.41, 5.74) is 7.04. The summed E-state index contributed by atoms with van der Waals surface area (Å²) >= 11 is 15.1. The van der Waals surface area contributed by atoms with E-state index >= 15 is 0 Å². The summed E-state index contributed by atoms with van der Waals surface area (Å²) < 4.78 is 0.839. The number of carbonyl (C=O) groups is 1. The van der Waals surface area contributed by atoms with Gasteiger partial charge >= 0.3 is 0 Å². The Morgan fingerprint density at radius 3 is 2.45 bits per heavy atom. The maximum absolute atomic E-state index is 12.1. The van der Waals surface area contributed by atoms with Gasteiger partial charge in [0, 0.05) is 16.2 Å². The second kappa shape index (κ2) is 5.99. The lowest BCUT2D eigenvalue weighted by Gasteiger charge is -2.09. The van der Waals surface area contributed by atoms with Gasteiger partial charge in [0.15, 0.2) is 0 Å². The van der Waals surface area contributed by atoms with Crippen LogP contribution in [0.1, 0.15) is 15.9 Å². The molecule has 104 valence electrons. The number of halogens is 3. The van der Waals surface area contributed by atoms with Crippen LogP contribution in [0.15, 0.2) is 28.9 Å². The molecule has 0 unspecified atom stereocenters. The van der Waals surface area contributed by atoms with Crippen LogP contribution in [0.2, 0.25) is 10.0 Å². The molecule has 0 aliphatic rings. The summed E-state index contributed by atoms with van der Waals surface area (Å²) in [6, 6.07) is 4.78. The Morgan fingerprint density at radius 1 is 1.30 bits per heavy atom. The third-order valence-electron chi connectivity index (χ3n) is 2.62. The number of nitrogens with two attached hydrogens (primary N) is 1. The number of amides is 1. The van der Waals surface area contributed by atoms with Gasteiger partial charge in [-0.3, -0.25) is 4.79 Å². The molecule has 0 aliphatic heterocycles. The number of anilines is 2. The highest BCUT2D eigenvalue weighted by Gasteiger charge is 2.13. The Bertz CT molecular complexity index is 668. The van der Waals surface area contributed by atoms with Crippen molar-refractivity contribution in [3.8, 4) is 0 Å². The average Bonchev–Trinajstić information content (AvgIpc) is 2.38. The minimum absolute atomic E-state index is 0.239. The molecule has 1 aromatic carbocycles. The van der Waals surface area contributed by atoms with Gasteiger partial charge in [0.05, 0.1) is 15.7 Å². The van der Waals surface area contributed by atoms with Crippen molar-refractivity contribution in [3.63, 3.8) is 0 Å². The van der Waals surface area contributed by atoms with Gasteiger partial charge in [-0.05, 0) is 46.6 Å². The molecule has 1 heterocycles. The van der Waals surface area contributed by atoms with Crippen LogP contribution in [0, 0.1) is 6.92 Å². The second-order valence-electron chi connectivity index (χ2n) is 4.13. The molecule has 4 nitrogen and oxygen atoms in total. The molecular formula is C13H10BrCl2N3O. The molecule has 1 amide bonds. The van der Waals surface area contributed by atoms with Gasteiger partial charge in [-0.15, -0.1) is 0 Å². The quantitative estimate of drug-likeness (QED) is 0.770. The molecule has 0 atom stereocenters. The molecule has 3 N–H and O–H groups in total. The molecule has 20 heavy (non-hydrogen) atoms. The first-order chi connectivity index (χ1) is 9.38. The van der Waals surface area contributed by atoms with Crippen LogP contribution in [-0.2, 0) is 0 Å². The van der Waals surface area contributed by atoms with Crippen LogP contribution in [0.5, 0.6) is 0 Å². The molecule has 0 spiro atoms. The molecule has 7 heteroatoms. The third kappa shape index (κ3) is 3.23. The zero-order valence-corrected chi connectivity index (χ0v) is 13.5. The average molecular weight is 375 g/mol. The predicted octanol–water partition coefficient (Wildman–Crippen LogP) is 4.29. The summed E-state index contributed by atoms with van der Waals surface area (Å²) in [6.07, 6.45) is 1.60. The first-order valence-electron chi connectivity index (χ1n) is 5.56. The number of aryl methyl sites for hydroxylation is 1. The van der Waals surface area contributed by atoms with Gasteiger partial charge in [0.25, 0.3) is 5.91 Å². The van der Waals surface area contributed by atoms with E-state index in [0.29, 0.717) is 11.4 Å². The van der Waals surface area contributed by atoms with E-state index in [2.05, 4.69) is 26.2 Å². The van der Waals surface area contributed by atoms with Crippen molar-refractivity contribution in [2.45, 2.75) is 6.92 Å². The van der Waals surface area contributed by atoms with Crippen LogP contribution in [0.4, 0.5) is 11.5 Å². The van der Waals surface area contributed by atoms with E-state index in [0.717, 1.165) is 10.0 Å². The Hall–Kier alpha value is -1.30. The molecule has 0 saturated carbocycles. The number of aromatic nitrogens is 1. The Kier molecular flexibility index (Phi) is 4.52. The minimum atomic E-state index is -0.355. The van der Waals surface area contributed by atoms with Gasteiger partial charge < -0.3 is 11.1 Å². The van der Waals surface area contributed by atoms with E-state index in [1.54, 1.807) is 6.20 Å². The molecule has 0 bridgehead atoms. The number of carbonyl (C=O) groups excluding carboxylic acids is 1. The number of hydrogen-bond donors (Lipinski definition) is 2. The van der Waals surface area contributed by atoms with Crippen molar-refractivity contribution in [1.82, 2.24) is 4.98 Å². The lowest BCUT2D eigenvalue weighted by atomic mass is 10.2. The highest BCUT2D eigenvalue weighted by atomic mass is 79.9. The predicted molar refractivity (Wildman–Crippen MR) is 85.5 cm³/mol. The van der Waals surface area contributed by atoms with Gasteiger partial charge in [0.1, 0.15) is 5.82 Å². The van der Waals surface area contributed by atoms with Crippen LogP contribution in [-0.4, -0.2) is 10.9 Å². The summed E-state index contributed by atoms with van der Waals surface area (Å²) in [5.74, 6) is 0.119. The molecule has 1 aromatic heterocycles. The van der Waals surface area contributed by atoms with Crippen molar-refractivity contribution in [1.29, 1.82) is 0 Å². The molecule has 0 fully saturated rings. The zero-order valence-electron chi connectivity index (χ0n) is 10.4. The Labute approximate surface area is 134 Å². The Morgan fingerprint density at radius 2 is 1.90 bits per heavy atom. The summed E-state index contributed by atoms with van der Waals surface area (Å²) in [7, 11) is 0. The van der Waals surface area contributed by atoms with E-state index in [1.165, 1.54) is 12.1 Å². The highest BCUT2D eigenvalue weighted by molar-refractivity contribution is 9.10. The molecular weight excluding hydrogens is 365 g/mol.